The monoisotopic (exact) mass is 236 g/mol. The Morgan fingerprint density at radius 1 is 1.53 bits per heavy atom. The van der Waals surface area contributed by atoms with Crippen LogP contribution >= 0.6 is 0 Å². The van der Waals surface area contributed by atoms with E-state index in [9.17, 15) is 0 Å². The minimum Gasteiger partial charge on any atom is -0.478 e. The molecule has 0 spiro atoms. The van der Waals surface area contributed by atoms with Gasteiger partial charge in [0.05, 0.1) is 6.61 Å². The lowest BCUT2D eigenvalue weighted by Gasteiger charge is -2.32. The highest BCUT2D eigenvalue weighted by molar-refractivity contribution is 5.41. The molecule has 0 amide bonds. The van der Waals surface area contributed by atoms with E-state index in [1.807, 2.05) is 13.0 Å². The van der Waals surface area contributed by atoms with E-state index in [4.69, 9.17) is 4.74 Å². The van der Waals surface area contributed by atoms with Crippen LogP contribution in [0.2, 0.25) is 0 Å². The molecule has 0 aliphatic carbocycles. The number of rotatable bonds is 4. The maximum atomic E-state index is 5.39. The van der Waals surface area contributed by atoms with Crippen LogP contribution in [0.15, 0.2) is 12.4 Å². The molecule has 1 aliphatic rings. The van der Waals surface area contributed by atoms with Crippen molar-refractivity contribution in [1.82, 2.24) is 15.3 Å². The average Bonchev–Trinajstić information content (AvgIpc) is 2.40. The smallest absolute Gasteiger partial charge is 0.218 e. The lowest BCUT2D eigenvalue weighted by atomic mass is 10.1. The van der Waals surface area contributed by atoms with Gasteiger partial charge in [-0.1, -0.05) is 0 Å². The second-order valence-electron chi connectivity index (χ2n) is 4.26. The maximum Gasteiger partial charge on any atom is 0.218 e. The predicted octanol–water partition coefficient (Wildman–Crippen LogP) is 1.06. The van der Waals surface area contributed by atoms with Gasteiger partial charge in [-0.05, 0) is 26.3 Å². The van der Waals surface area contributed by atoms with Gasteiger partial charge in [-0.2, -0.15) is 0 Å². The third kappa shape index (κ3) is 3.06. The highest BCUT2D eigenvalue weighted by atomic mass is 16.5. The number of likely N-dealkylation sites (N-methyl/N-ethyl adjacent to an activating group) is 1. The third-order valence-corrected chi connectivity index (χ3v) is 3.10. The quantitative estimate of drug-likeness (QED) is 0.847. The molecule has 94 valence electrons. The minimum atomic E-state index is 0.508. The Morgan fingerprint density at radius 2 is 2.41 bits per heavy atom. The fraction of sp³-hybridized carbons (Fsp3) is 0.667. The maximum absolute atomic E-state index is 5.39. The van der Waals surface area contributed by atoms with Gasteiger partial charge in [-0.15, -0.1) is 0 Å². The number of nitrogens with zero attached hydrogens (tertiary/aromatic N) is 3. The summed E-state index contributed by atoms with van der Waals surface area (Å²) >= 11 is 0. The number of hydrogen-bond donors (Lipinski definition) is 1. The zero-order chi connectivity index (χ0) is 12.1. The van der Waals surface area contributed by atoms with Crippen LogP contribution in [-0.2, 0) is 0 Å². The molecule has 0 aromatic carbocycles. The number of hydrogen-bond acceptors (Lipinski definition) is 5. The lowest BCUT2D eigenvalue weighted by molar-refractivity contribution is 0.326. The summed E-state index contributed by atoms with van der Waals surface area (Å²) in [7, 11) is 2.08. The summed E-state index contributed by atoms with van der Waals surface area (Å²) in [6.07, 6.45) is 3.99. The van der Waals surface area contributed by atoms with E-state index in [1.165, 1.54) is 12.8 Å². The zero-order valence-electron chi connectivity index (χ0n) is 10.5. The summed E-state index contributed by atoms with van der Waals surface area (Å²) in [6.45, 7) is 4.73. The molecule has 0 bridgehead atoms. The minimum absolute atomic E-state index is 0.508. The van der Waals surface area contributed by atoms with Gasteiger partial charge in [-0.25, -0.2) is 9.97 Å². The second kappa shape index (κ2) is 5.82. The first kappa shape index (κ1) is 12.1. The van der Waals surface area contributed by atoms with Gasteiger partial charge >= 0.3 is 0 Å². The van der Waals surface area contributed by atoms with Crippen LogP contribution in [0, 0.1) is 0 Å². The Hall–Kier alpha value is -1.36. The van der Waals surface area contributed by atoms with Crippen molar-refractivity contribution in [2.24, 2.45) is 0 Å². The van der Waals surface area contributed by atoms with Crippen LogP contribution in [0.3, 0.4) is 0 Å². The standard InChI is InChI=1S/C12H20N4O/c1-3-17-12-7-11(14-9-15-12)16(2)10-5-4-6-13-8-10/h7,9-10,13H,3-6,8H2,1-2H3/t10-/m0/s1. The van der Waals surface area contributed by atoms with Crippen molar-refractivity contribution in [2.45, 2.75) is 25.8 Å². The molecule has 1 fully saturated rings. The molecule has 2 heterocycles. The molecule has 1 aromatic heterocycles. The summed E-state index contributed by atoms with van der Waals surface area (Å²) in [4.78, 5) is 10.6. The van der Waals surface area contributed by atoms with E-state index >= 15 is 0 Å². The highest BCUT2D eigenvalue weighted by Crippen LogP contribution is 2.19. The van der Waals surface area contributed by atoms with Crippen LogP contribution in [0.25, 0.3) is 0 Å². The molecular weight excluding hydrogens is 216 g/mol. The SMILES string of the molecule is CCOc1cc(N(C)[C@H]2CCCNC2)ncn1. The van der Waals surface area contributed by atoms with Crippen LogP contribution in [0.4, 0.5) is 5.82 Å². The van der Waals surface area contributed by atoms with Gasteiger partial charge in [0, 0.05) is 25.7 Å². The van der Waals surface area contributed by atoms with Crippen LogP contribution in [0.5, 0.6) is 5.88 Å². The van der Waals surface area contributed by atoms with Crippen LogP contribution in [0.1, 0.15) is 19.8 Å². The van der Waals surface area contributed by atoms with Crippen molar-refractivity contribution >= 4 is 5.82 Å². The Labute approximate surface area is 102 Å². The molecule has 1 atom stereocenters. The van der Waals surface area contributed by atoms with Gasteiger partial charge < -0.3 is 15.0 Å². The predicted molar refractivity (Wildman–Crippen MR) is 67.5 cm³/mol. The van der Waals surface area contributed by atoms with Crippen LogP contribution in [-0.4, -0.2) is 42.8 Å². The molecule has 5 heteroatoms. The summed E-state index contributed by atoms with van der Waals surface area (Å²) in [6, 6.07) is 2.41. The number of anilines is 1. The second-order valence-corrected chi connectivity index (χ2v) is 4.26. The first-order valence-electron chi connectivity index (χ1n) is 6.19. The largest absolute Gasteiger partial charge is 0.478 e. The summed E-state index contributed by atoms with van der Waals surface area (Å²) < 4.78 is 5.39. The molecule has 0 radical (unpaired) electrons. The Balaban J connectivity index is 2.06. The van der Waals surface area contributed by atoms with Crippen molar-refractivity contribution in [3.05, 3.63) is 12.4 Å². The fourth-order valence-corrected chi connectivity index (χ4v) is 2.10. The van der Waals surface area contributed by atoms with Crippen molar-refractivity contribution in [2.75, 3.05) is 31.6 Å². The lowest BCUT2D eigenvalue weighted by Crippen LogP contribution is -2.44. The van der Waals surface area contributed by atoms with Crippen molar-refractivity contribution in [3.8, 4) is 5.88 Å². The Bertz CT molecular complexity index is 352. The Morgan fingerprint density at radius 3 is 3.12 bits per heavy atom. The molecule has 0 saturated carbocycles. The molecule has 1 saturated heterocycles. The van der Waals surface area contributed by atoms with E-state index in [2.05, 4.69) is 27.2 Å². The molecule has 1 N–H and O–H groups in total. The van der Waals surface area contributed by atoms with Crippen molar-refractivity contribution in [1.29, 1.82) is 0 Å². The molecule has 2 rings (SSSR count). The van der Waals surface area contributed by atoms with Gasteiger partial charge in [-0.3, -0.25) is 0 Å². The van der Waals surface area contributed by atoms with Gasteiger partial charge in [0.25, 0.3) is 0 Å². The van der Waals surface area contributed by atoms with E-state index < -0.39 is 0 Å². The first-order chi connectivity index (χ1) is 8.31. The average molecular weight is 236 g/mol. The molecule has 1 aliphatic heterocycles. The number of piperidine rings is 1. The summed E-state index contributed by atoms with van der Waals surface area (Å²) in [5.74, 6) is 1.57. The van der Waals surface area contributed by atoms with E-state index in [0.29, 0.717) is 18.5 Å². The summed E-state index contributed by atoms with van der Waals surface area (Å²) in [5, 5.41) is 3.41. The molecule has 5 nitrogen and oxygen atoms in total. The number of nitrogens with one attached hydrogen (secondary N) is 1. The van der Waals surface area contributed by atoms with E-state index in [-0.39, 0.29) is 0 Å². The molecule has 17 heavy (non-hydrogen) atoms. The van der Waals surface area contributed by atoms with Gasteiger partial charge in [0.1, 0.15) is 12.1 Å². The van der Waals surface area contributed by atoms with Crippen molar-refractivity contribution in [3.63, 3.8) is 0 Å². The normalized spacial score (nSPS) is 20.0. The topological polar surface area (TPSA) is 50.3 Å². The summed E-state index contributed by atoms with van der Waals surface area (Å²) in [5.41, 5.74) is 0. The number of aromatic nitrogens is 2. The molecule has 1 aromatic rings. The molecular formula is C12H20N4O. The van der Waals surface area contributed by atoms with Gasteiger partial charge in [0.2, 0.25) is 5.88 Å². The van der Waals surface area contributed by atoms with Gasteiger partial charge in [0.15, 0.2) is 0 Å². The van der Waals surface area contributed by atoms with Crippen molar-refractivity contribution < 1.29 is 4.74 Å². The zero-order valence-corrected chi connectivity index (χ0v) is 10.5. The first-order valence-corrected chi connectivity index (χ1v) is 6.19. The fourth-order valence-electron chi connectivity index (χ4n) is 2.10. The highest BCUT2D eigenvalue weighted by Gasteiger charge is 2.19. The van der Waals surface area contributed by atoms with Crippen LogP contribution < -0.4 is 15.0 Å². The Kier molecular flexibility index (Phi) is 4.14. The molecule has 0 unspecified atom stereocenters. The van der Waals surface area contributed by atoms with E-state index in [0.717, 1.165) is 18.9 Å². The van der Waals surface area contributed by atoms with E-state index in [1.54, 1.807) is 6.33 Å². The number of ether oxygens (including phenoxy) is 1. The third-order valence-electron chi connectivity index (χ3n) is 3.10.